The molecule has 3 rings (SSSR count). The van der Waals surface area contributed by atoms with Gasteiger partial charge in [0.15, 0.2) is 0 Å². The Morgan fingerprint density at radius 2 is 1.62 bits per heavy atom. The normalized spacial score (nSPS) is 14.6. The minimum atomic E-state index is 0.174. The van der Waals surface area contributed by atoms with Crippen LogP contribution < -0.4 is 9.64 Å². The summed E-state index contributed by atoms with van der Waals surface area (Å²) in [6.07, 6.45) is 0.606. The first kappa shape index (κ1) is 18.6. The molecule has 0 aliphatic carbocycles. The molecule has 1 aliphatic heterocycles. The van der Waals surface area contributed by atoms with E-state index >= 15 is 0 Å². The van der Waals surface area contributed by atoms with Crippen LogP contribution in [0.5, 0.6) is 5.75 Å². The van der Waals surface area contributed by atoms with Gasteiger partial charge in [-0.15, -0.1) is 0 Å². The number of ether oxygens (including phenoxy) is 1. The molecule has 2 aromatic carbocycles. The average Bonchev–Trinajstić information content (AvgIpc) is 2.64. The molecule has 5 heteroatoms. The van der Waals surface area contributed by atoms with Crippen LogP contribution >= 0.6 is 11.6 Å². The Morgan fingerprint density at radius 1 is 1.00 bits per heavy atom. The van der Waals surface area contributed by atoms with Gasteiger partial charge in [0.25, 0.3) is 0 Å². The SMILES string of the molecule is CC(C)Oc1ccc(N2CCN(C(=O)Cc3ccc(Cl)cc3)CC2)cc1. The summed E-state index contributed by atoms with van der Waals surface area (Å²) in [5.74, 6) is 1.06. The van der Waals surface area contributed by atoms with E-state index < -0.39 is 0 Å². The summed E-state index contributed by atoms with van der Waals surface area (Å²) >= 11 is 5.90. The topological polar surface area (TPSA) is 32.8 Å². The van der Waals surface area contributed by atoms with Gasteiger partial charge in [-0.1, -0.05) is 23.7 Å². The van der Waals surface area contributed by atoms with E-state index in [4.69, 9.17) is 16.3 Å². The lowest BCUT2D eigenvalue weighted by Crippen LogP contribution is -2.49. The maximum absolute atomic E-state index is 12.5. The molecule has 1 amide bonds. The van der Waals surface area contributed by atoms with Crippen LogP contribution in [0.2, 0.25) is 5.02 Å². The summed E-state index contributed by atoms with van der Waals surface area (Å²) < 4.78 is 5.69. The van der Waals surface area contributed by atoms with Crippen molar-refractivity contribution in [3.8, 4) is 5.75 Å². The van der Waals surface area contributed by atoms with Crippen molar-refractivity contribution in [3.63, 3.8) is 0 Å². The number of piperazine rings is 1. The van der Waals surface area contributed by atoms with Crippen molar-refractivity contribution >= 4 is 23.2 Å². The van der Waals surface area contributed by atoms with Gasteiger partial charge in [0, 0.05) is 36.9 Å². The van der Waals surface area contributed by atoms with Crippen molar-refractivity contribution in [1.82, 2.24) is 4.90 Å². The van der Waals surface area contributed by atoms with E-state index in [9.17, 15) is 4.79 Å². The van der Waals surface area contributed by atoms with Gasteiger partial charge in [-0.2, -0.15) is 0 Å². The second-order valence-corrected chi connectivity index (χ2v) is 7.27. The number of hydrogen-bond acceptors (Lipinski definition) is 3. The molecule has 0 spiro atoms. The largest absolute Gasteiger partial charge is 0.491 e. The van der Waals surface area contributed by atoms with E-state index in [1.54, 1.807) is 0 Å². The van der Waals surface area contributed by atoms with Crippen LogP contribution in [0.1, 0.15) is 19.4 Å². The number of amides is 1. The number of carbonyl (C=O) groups is 1. The summed E-state index contributed by atoms with van der Waals surface area (Å²) in [6.45, 7) is 7.23. The first-order valence-electron chi connectivity index (χ1n) is 9.05. The fourth-order valence-corrected chi connectivity index (χ4v) is 3.24. The zero-order valence-corrected chi connectivity index (χ0v) is 16.1. The summed E-state index contributed by atoms with van der Waals surface area (Å²) in [6, 6.07) is 15.7. The molecule has 4 nitrogen and oxygen atoms in total. The maximum atomic E-state index is 12.5. The summed E-state index contributed by atoms with van der Waals surface area (Å²) in [4.78, 5) is 16.8. The third kappa shape index (κ3) is 4.92. The monoisotopic (exact) mass is 372 g/mol. The van der Waals surface area contributed by atoms with Gasteiger partial charge in [-0.05, 0) is 55.8 Å². The molecule has 0 saturated carbocycles. The molecule has 138 valence electrons. The highest BCUT2D eigenvalue weighted by molar-refractivity contribution is 6.30. The molecule has 0 aromatic heterocycles. The first-order chi connectivity index (χ1) is 12.5. The second-order valence-electron chi connectivity index (χ2n) is 6.83. The van der Waals surface area contributed by atoms with Gasteiger partial charge >= 0.3 is 0 Å². The minimum absolute atomic E-state index is 0.174. The lowest BCUT2D eigenvalue weighted by Gasteiger charge is -2.36. The molecular formula is C21H25ClN2O2. The highest BCUT2D eigenvalue weighted by Gasteiger charge is 2.21. The molecule has 0 N–H and O–H groups in total. The fraction of sp³-hybridized carbons (Fsp3) is 0.381. The Kier molecular flexibility index (Phi) is 6.04. The van der Waals surface area contributed by atoms with Crippen LogP contribution in [0.3, 0.4) is 0 Å². The second kappa shape index (κ2) is 8.45. The number of anilines is 1. The molecule has 2 aromatic rings. The number of hydrogen-bond donors (Lipinski definition) is 0. The molecule has 1 heterocycles. The van der Waals surface area contributed by atoms with Crippen LogP contribution in [0.15, 0.2) is 48.5 Å². The van der Waals surface area contributed by atoms with Gasteiger partial charge in [0.1, 0.15) is 5.75 Å². The van der Waals surface area contributed by atoms with Gasteiger partial charge < -0.3 is 14.5 Å². The van der Waals surface area contributed by atoms with E-state index in [1.807, 2.05) is 55.1 Å². The number of rotatable bonds is 5. The highest BCUT2D eigenvalue weighted by Crippen LogP contribution is 2.22. The van der Waals surface area contributed by atoms with Gasteiger partial charge in [-0.3, -0.25) is 4.79 Å². The number of nitrogens with zero attached hydrogens (tertiary/aromatic N) is 2. The van der Waals surface area contributed by atoms with Crippen LogP contribution in [0, 0.1) is 0 Å². The maximum Gasteiger partial charge on any atom is 0.227 e. The van der Waals surface area contributed by atoms with Gasteiger partial charge in [0.2, 0.25) is 5.91 Å². The van der Waals surface area contributed by atoms with Crippen molar-refractivity contribution in [2.75, 3.05) is 31.1 Å². The fourth-order valence-electron chi connectivity index (χ4n) is 3.11. The zero-order valence-electron chi connectivity index (χ0n) is 15.3. The van der Waals surface area contributed by atoms with Crippen molar-refractivity contribution in [2.24, 2.45) is 0 Å². The number of benzene rings is 2. The third-order valence-electron chi connectivity index (χ3n) is 4.47. The lowest BCUT2D eigenvalue weighted by molar-refractivity contribution is -0.130. The Hall–Kier alpha value is -2.20. The van der Waals surface area contributed by atoms with E-state index in [0.717, 1.165) is 37.5 Å². The molecule has 0 unspecified atom stereocenters. The number of carbonyl (C=O) groups excluding carboxylic acids is 1. The van der Waals surface area contributed by atoms with Gasteiger partial charge in [-0.25, -0.2) is 0 Å². The number of halogens is 1. The average molecular weight is 373 g/mol. The Bertz CT molecular complexity index is 721. The van der Waals surface area contributed by atoms with Crippen LogP contribution in [-0.4, -0.2) is 43.1 Å². The molecule has 0 bridgehead atoms. The highest BCUT2D eigenvalue weighted by atomic mass is 35.5. The molecule has 26 heavy (non-hydrogen) atoms. The molecule has 1 fully saturated rings. The van der Waals surface area contributed by atoms with E-state index in [0.29, 0.717) is 11.4 Å². The van der Waals surface area contributed by atoms with E-state index in [1.165, 1.54) is 5.69 Å². The van der Waals surface area contributed by atoms with Crippen molar-refractivity contribution < 1.29 is 9.53 Å². The van der Waals surface area contributed by atoms with E-state index in [-0.39, 0.29) is 12.0 Å². The lowest BCUT2D eigenvalue weighted by atomic mass is 10.1. The van der Waals surface area contributed by atoms with Crippen LogP contribution in [-0.2, 0) is 11.2 Å². The van der Waals surface area contributed by atoms with Crippen LogP contribution in [0.25, 0.3) is 0 Å². The van der Waals surface area contributed by atoms with Crippen molar-refractivity contribution in [3.05, 3.63) is 59.1 Å². The predicted octanol–water partition coefficient (Wildman–Crippen LogP) is 4.02. The summed E-state index contributed by atoms with van der Waals surface area (Å²) in [5.41, 5.74) is 2.17. The molecule has 0 atom stereocenters. The van der Waals surface area contributed by atoms with Crippen LogP contribution in [0.4, 0.5) is 5.69 Å². The van der Waals surface area contributed by atoms with E-state index in [2.05, 4.69) is 17.0 Å². The Balaban J connectivity index is 1.52. The molecular weight excluding hydrogens is 348 g/mol. The molecule has 1 saturated heterocycles. The third-order valence-corrected chi connectivity index (χ3v) is 4.73. The van der Waals surface area contributed by atoms with Crippen molar-refractivity contribution in [2.45, 2.75) is 26.4 Å². The van der Waals surface area contributed by atoms with Crippen molar-refractivity contribution in [1.29, 1.82) is 0 Å². The first-order valence-corrected chi connectivity index (χ1v) is 9.43. The quantitative estimate of drug-likeness (QED) is 0.794. The molecule has 0 radical (unpaired) electrons. The summed E-state index contributed by atoms with van der Waals surface area (Å²) in [5, 5.41) is 0.694. The summed E-state index contributed by atoms with van der Waals surface area (Å²) in [7, 11) is 0. The predicted molar refractivity (Wildman–Crippen MR) is 106 cm³/mol. The van der Waals surface area contributed by atoms with Gasteiger partial charge in [0.05, 0.1) is 12.5 Å². The minimum Gasteiger partial charge on any atom is -0.491 e. The Morgan fingerprint density at radius 3 is 2.19 bits per heavy atom. The smallest absolute Gasteiger partial charge is 0.227 e. The Labute approximate surface area is 160 Å². The molecule has 1 aliphatic rings. The zero-order chi connectivity index (χ0) is 18.5. The standard InChI is InChI=1S/C21H25ClN2O2/c1-16(2)26-20-9-7-19(8-10-20)23-11-13-24(14-12-23)21(25)15-17-3-5-18(22)6-4-17/h3-10,16H,11-15H2,1-2H3.